The lowest BCUT2D eigenvalue weighted by Gasteiger charge is -2.20. The van der Waals surface area contributed by atoms with Crippen molar-refractivity contribution in [3.63, 3.8) is 0 Å². The maximum absolute atomic E-state index is 11.4. The Hall–Kier alpha value is -2.71. The van der Waals surface area contributed by atoms with Crippen LogP contribution in [0.3, 0.4) is 0 Å². The lowest BCUT2D eigenvalue weighted by molar-refractivity contribution is -0.114. The summed E-state index contributed by atoms with van der Waals surface area (Å²) in [5, 5.41) is 5.05. The SMILES string of the molecule is NC(=O)C1=C(N)Nc2c(nc(N)[nH]c2=O)N1. The number of amides is 1. The number of carbonyl (C=O) groups is 1. The van der Waals surface area contributed by atoms with Gasteiger partial charge in [-0.2, -0.15) is 4.98 Å². The van der Waals surface area contributed by atoms with Crippen LogP contribution in [-0.2, 0) is 4.79 Å². The van der Waals surface area contributed by atoms with E-state index in [1.165, 1.54) is 0 Å². The van der Waals surface area contributed by atoms with Crippen LogP contribution in [-0.4, -0.2) is 15.9 Å². The summed E-state index contributed by atoms with van der Waals surface area (Å²) in [7, 11) is 0. The number of aromatic amines is 1. The Morgan fingerprint density at radius 3 is 2.56 bits per heavy atom. The summed E-state index contributed by atoms with van der Waals surface area (Å²) >= 11 is 0. The van der Waals surface area contributed by atoms with Crippen LogP contribution in [0, 0.1) is 0 Å². The first-order valence-corrected chi connectivity index (χ1v) is 4.22. The topological polar surface area (TPSA) is 165 Å². The molecule has 0 radical (unpaired) electrons. The van der Waals surface area contributed by atoms with Crippen LogP contribution in [0.4, 0.5) is 17.5 Å². The standard InChI is InChI=1S/C7H9N7O2/c8-3-1(4(9)15)12-5-2(11-3)6(16)14-7(10)13-5/h11H,8H2,(H2,9,15)(H4,10,12,13,14,16). The van der Waals surface area contributed by atoms with Gasteiger partial charge in [-0.15, -0.1) is 0 Å². The van der Waals surface area contributed by atoms with Gasteiger partial charge in [0.1, 0.15) is 17.2 Å². The van der Waals surface area contributed by atoms with E-state index in [1.54, 1.807) is 0 Å². The second-order valence-corrected chi connectivity index (χ2v) is 3.08. The Kier molecular flexibility index (Phi) is 1.94. The number of fused-ring (bicyclic) bond motifs is 1. The molecule has 9 nitrogen and oxygen atoms in total. The van der Waals surface area contributed by atoms with Gasteiger partial charge in [-0.05, 0) is 0 Å². The highest BCUT2D eigenvalue weighted by molar-refractivity contribution is 5.98. The smallest absolute Gasteiger partial charge is 0.278 e. The van der Waals surface area contributed by atoms with Gasteiger partial charge in [-0.3, -0.25) is 14.6 Å². The van der Waals surface area contributed by atoms with Crippen molar-refractivity contribution in [2.45, 2.75) is 0 Å². The van der Waals surface area contributed by atoms with Crippen LogP contribution in [0.2, 0.25) is 0 Å². The van der Waals surface area contributed by atoms with Gasteiger partial charge in [0.15, 0.2) is 5.82 Å². The quantitative estimate of drug-likeness (QED) is 0.314. The zero-order valence-electron chi connectivity index (χ0n) is 8.00. The maximum atomic E-state index is 11.4. The Balaban J connectivity index is 2.55. The minimum Gasteiger partial charge on any atom is -0.383 e. The summed E-state index contributed by atoms with van der Waals surface area (Å²) < 4.78 is 0. The lowest BCUT2D eigenvalue weighted by atomic mass is 10.3. The van der Waals surface area contributed by atoms with Crippen molar-refractivity contribution >= 4 is 23.4 Å². The first-order valence-electron chi connectivity index (χ1n) is 4.22. The number of nitrogens with two attached hydrogens (primary N) is 3. The third kappa shape index (κ3) is 1.39. The molecule has 0 aliphatic carbocycles. The van der Waals surface area contributed by atoms with Gasteiger partial charge in [0.2, 0.25) is 5.95 Å². The van der Waals surface area contributed by atoms with Crippen molar-refractivity contribution in [1.29, 1.82) is 0 Å². The minimum atomic E-state index is -0.767. The summed E-state index contributed by atoms with van der Waals surface area (Å²) in [5.41, 5.74) is 15.4. The van der Waals surface area contributed by atoms with E-state index in [4.69, 9.17) is 17.2 Å². The fourth-order valence-corrected chi connectivity index (χ4v) is 1.27. The number of rotatable bonds is 1. The van der Waals surface area contributed by atoms with Crippen LogP contribution in [0.15, 0.2) is 16.3 Å². The number of H-pyrrole nitrogens is 1. The Morgan fingerprint density at radius 1 is 1.25 bits per heavy atom. The summed E-state index contributed by atoms with van der Waals surface area (Å²) in [4.78, 5) is 28.5. The number of aromatic nitrogens is 2. The third-order valence-electron chi connectivity index (χ3n) is 1.96. The monoisotopic (exact) mass is 223 g/mol. The van der Waals surface area contributed by atoms with Gasteiger partial charge < -0.3 is 27.8 Å². The number of nitrogen functional groups attached to an aromatic ring is 1. The second kappa shape index (κ2) is 3.15. The molecule has 0 bridgehead atoms. The van der Waals surface area contributed by atoms with Crippen molar-refractivity contribution in [2.75, 3.05) is 16.4 Å². The van der Waals surface area contributed by atoms with Gasteiger partial charge in [-0.25, -0.2) is 0 Å². The Labute approximate surface area is 88.7 Å². The molecule has 9 N–H and O–H groups in total. The molecule has 0 spiro atoms. The molecule has 0 saturated carbocycles. The summed E-state index contributed by atoms with van der Waals surface area (Å²) in [6, 6.07) is 0. The van der Waals surface area contributed by atoms with Crippen molar-refractivity contribution in [3.8, 4) is 0 Å². The van der Waals surface area contributed by atoms with E-state index < -0.39 is 11.5 Å². The molecule has 1 aliphatic heterocycles. The summed E-state index contributed by atoms with van der Waals surface area (Å²) in [5.74, 6) is -0.792. The van der Waals surface area contributed by atoms with E-state index in [-0.39, 0.29) is 29.0 Å². The molecule has 1 aromatic rings. The zero-order valence-corrected chi connectivity index (χ0v) is 8.00. The van der Waals surface area contributed by atoms with Crippen molar-refractivity contribution < 1.29 is 4.79 Å². The molecule has 0 unspecified atom stereocenters. The number of hydrogen-bond donors (Lipinski definition) is 6. The maximum Gasteiger partial charge on any atom is 0.278 e. The summed E-state index contributed by atoms with van der Waals surface area (Å²) in [6.07, 6.45) is 0. The van der Waals surface area contributed by atoms with Crippen LogP contribution in [0.1, 0.15) is 0 Å². The lowest BCUT2D eigenvalue weighted by Crippen LogP contribution is -2.34. The van der Waals surface area contributed by atoms with E-state index in [1.807, 2.05) is 0 Å². The molecule has 1 aromatic heterocycles. The van der Waals surface area contributed by atoms with Gasteiger partial charge in [0.05, 0.1) is 0 Å². The highest BCUT2D eigenvalue weighted by Crippen LogP contribution is 2.22. The van der Waals surface area contributed by atoms with Gasteiger partial charge in [-0.1, -0.05) is 0 Å². The first-order chi connectivity index (χ1) is 7.49. The fourth-order valence-electron chi connectivity index (χ4n) is 1.27. The molecule has 2 rings (SSSR count). The molecule has 0 atom stereocenters. The van der Waals surface area contributed by atoms with Crippen molar-refractivity contribution in [1.82, 2.24) is 9.97 Å². The van der Waals surface area contributed by atoms with Crippen LogP contribution in [0.5, 0.6) is 0 Å². The van der Waals surface area contributed by atoms with E-state index in [2.05, 4.69) is 20.6 Å². The molecule has 9 heteroatoms. The molecule has 0 saturated heterocycles. The molecular formula is C7H9N7O2. The highest BCUT2D eigenvalue weighted by Gasteiger charge is 2.22. The predicted molar refractivity (Wildman–Crippen MR) is 56.9 cm³/mol. The van der Waals surface area contributed by atoms with Crippen LogP contribution >= 0.6 is 0 Å². The Morgan fingerprint density at radius 2 is 1.94 bits per heavy atom. The summed E-state index contributed by atoms with van der Waals surface area (Å²) in [6.45, 7) is 0. The van der Waals surface area contributed by atoms with E-state index in [0.29, 0.717) is 0 Å². The molecule has 16 heavy (non-hydrogen) atoms. The average Bonchev–Trinajstić information content (AvgIpc) is 2.18. The number of nitrogens with one attached hydrogen (secondary N) is 3. The van der Waals surface area contributed by atoms with E-state index in [0.717, 1.165) is 0 Å². The van der Waals surface area contributed by atoms with E-state index >= 15 is 0 Å². The van der Waals surface area contributed by atoms with Crippen molar-refractivity contribution in [3.05, 3.63) is 21.9 Å². The molecule has 0 fully saturated rings. The van der Waals surface area contributed by atoms with Crippen molar-refractivity contribution in [2.24, 2.45) is 11.5 Å². The second-order valence-electron chi connectivity index (χ2n) is 3.08. The molecule has 84 valence electrons. The minimum absolute atomic E-state index is 0.0444. The van der Waals surface area contributed by atoms with E-state index in [9.17, 15) is 9.59 Å². The molecule has 0 aromatic carbocycles. The number of primary amides is 1. The number of hydrogen-bond acceptors (Lipinski definition) is 7. The molecule has 1 aliphatic rings. The normalized spacial score (nSPS) is 13.8. The van der Waals surface area contributed by atoms with Crippen LogP contribution in [0.25, 0.3) is 0 Å². The van der Waals surface area contributed by atoms with Crippen LogP contribution < -0.4 is 33.4 Å². The number of nitrogens with zero attached hydrogens (tertiary/aromatic N) is 1. The number of carbonyl (C=O) groups excluding carboxylic acids is 1. The number of anilines is 3. The Bertz CT molecular complexity index is 558. The molecule has 1 amide bonds. The fraction of sp³-hybridized carbons (Fsp3) is 0. The third-order valence-corrected chi connectivity index (χ3v) is 1.96. The molecular weight excluding hydrogens is 214 g/mol. The first kappa shape index (κ1) is 9.83. The van der Waals surface area contributed by atoms with Gasteiger partial charge in [0.25, 0.3) is 11.5 Å². The highest BCUT2D eigenvalue weighted by atomic mass is 16.1. The largest absolute Gasteiger partial charge is 0.383 e. The van der Waals surface area contributed by atoms with Gasteiger partial charge >= 0.3 is 0 Å². The zero-order chi connectivity index (χ0) is 11.9. The van der Waals surface area contributed by atoms with Gasteiger partial charge in [0, 0.05) is 0 Å². The predicted octanol–water partition coefficient (Wildman–Crippen LogP) is -2.20. The average molecular weight is 223 g/mol. The molecule has 2 heterocycles.